The number of hydrogen-bond donors (Lipinski definition) is 1. The van der Waals surface area contributed by atoms with Crippen molar-refractivity contribution in [3.8, 4) is 0 Å². The Kier molecular flexibility index (Phi) is 6.37. The minimum absolute atomic E-state index is 0.655. The van der Waals surface area contributed by atoms with Gasteiger partial charge in [0.25, 0.3) is 0 Å². The van der Waals surface area contributed by atoms with Crippen LogP contribution in [0.5, 0.6) is 0 Å². The molecule has 2 heteroatoms. The van der Waals surface area contributed by atoms with E-state index in [-0.39, 0.29) is 0 Å². The third kappa shape index (κ3) is 5.06. The highest BCUT2D eigenvalue weighted by atomic mass is 32.2. The fourth-order valence-corrected chi connectivity index (χ4v) is 2.99. The maximum absolute atomic E-state index is 3.75. The molecule has 14 heavy (non-hydrogen) atoms. The predicted molar refractivity (Wildman–Crippen MR) is 66.9 cm³/mol. The molecule has 1 atom stereocenters. The highest BCUT2D eigenvalue weighted by Crippen LogP contribution is 2.22. The average Bonchev–Trinajstić information content (AvgIpc) is 2.25. The summed E-state index contributed by atoms with van der Waals surface area (Å²) in [5, 5.41) is 3.63. The molecular weight excluding hydrogens is 190 g/mol. The van der Waals surface area contributed by atoms with Crippen molar-refractivity contribution in [2.24, 2.45) is 5.92 Å². The number of thioether (sulfide) groups is 1. The first-order valence-electron chi connectivity index (χ1n) is 5.75. The van der Waals surface area contributed by atoms with Crippen molar-refractivity contribution < 1.29 is 0 Å². The zero-order valence-corrected chi connectivity index (χ0v) is 10.1. The van der Waals surface area contributed by atoms with Crippen LogP contribution in [0.4, 0.5) is 0 Å². The van der Waals surface area contributed by atoms with Crippen LogP contribution < -0.4 is 5.32 Å². The molecule has 0 spiro atoms. The quantitative estimate of drug-likeness (QED) is 0.681. The Balaban J connectivity index is 2.03. The van der Waals surface area contributed by atoms with E-state index in [1.54, 1.807) is 0 Å². The lowest BCUT2D eigenvalue weighted by Crippen LogP contribution is -2.32. The molecule has 0 aliphatic carbocycles. The lowest BCUT2D eigenvalue weighted by molar-refractivity contribution is 0.407. The fraction of sp³-hybridized carbons (Fsp3) is 0.833. The van der Waals surface area contributed by atoms with Crippen LogP contribution in [0.1, 0.15) is 32.6 Å². The Morgan fingerprint density at radius 3 is 2.86 bits per heavy atom. The average molecular weight is 213 g/mol. The minimum atomic E-state index is 0.655. The van der Waals surface area contributed by atoms with Crippen molar-refractivity contribution in [2.75, 3.05) is 18.1 Å². The van der Waals surface area contributed by atoms with Gasteiger partial charge in [-0.1, -0.05) is 6.08 Å². The normalized spacial score (nSPS) is 20.6. The number of allylic oxidation sites excluding steroid dienone is 1. The van der Waals surface area contributed by atoms with Crippen molar-refractivity contribution in [3.05, 3.63) is 12.7 Å². The van der Waals surface area contributed by atoms with Crippen LogP contribution in [0.15, 0.2) is 12.7 Å². The second kappa shape index (κ2) is 7.36. The summed E-state index contributed by atoms with van der Waals surface area (Å²) in [4.78, 5) is 0. The molecule has 1 aliphatic rings. The van der Waals surface area contributed by atoms with Gasteiger partial charge in [0.05, 0.1) is 0 Å². The SMILES string of the molecule is C=CCCC(C)NCC1CCSCC1. The molecule has 1 rings (SSSR count). The fourth-order valence-electron chi connectivity index (χ4n) is 1.79. The Hall–Kier alpha value is 0.0500. The molecule has 1 nitrogen and oxygen atoms in total. The van der Waals surface area contributed by atoms with Crippen LogP contribution in [0.25, 0.3) is 0 Å². The zero-order valence-electron chi connectivity index (χ0n) is 9.30. The summed E-state index contributed by atoms with van der Waals surface area (Å²) < 4.78 is 0. The van der Waals surface area contributed by atoms with Crippen molar-refractivity contribution in [1.29, 1.82) is 0 Å². The van der Waals surface area contributed by atoms with E-state index in [0.29, 0.717) is 6.04 Å². The van der Waals surface area contributed by atoms with Gasteiger partial charge in [-0.2, -0.15) is 11.8 Å². The van der Waals surface area contributed by atoms with Crippen LogP contribution >= 0.6 is 11.8 Å². The highest BCUT2D eigenvalue weighted by molar-refractivity contribution is 7.99. The first-order valence-corrected chi connectivity index (χ1v) is 6.90. The molecule has 82 valence electrons. The van der Waals surface area contributed by atoms with E-state index in [0.717, 1.165) is 12.3 Å². The molecule has 1 aliphatic heterocycles. The molecule has 1 fully saturated rings. The summed E-state index contributed by atoms with van der Waals surface area (Å²) in [6.45, 7) is 7.25. The van der Waals surface area contributed by atoms with Crippen LogP contribution in [-0.4, -0.2) is 24.1 Å². The second-order valence-corrected chi connectivity index (χ2v) is 5.46. The highest BCUT2D eigenvalue weighted by Gasteiger charge is 2.13. The molecule has 0 aromatic heterocycles. The Labute approximate surface area is 92.7 Å². The van der Waals surface area contributed by atoms with Gasteiger partial charge >= 0.3 is 0 Å². The Morgan fingerprint density at radius 1 is 1.50 bits per heavy atom. The molecule has 1 N–H and O–H groups in total. The smallest absolute Gasteiger partial charge is 0.00417 e. The summed E-state index contributed by atoms with van der Waals surface area (Å²) in [5.41, 5.74) is 0. The van der Waals surface area contributed by atoms with Gasteiger partial charge in [0.1, 0.15) is 0 Å². The number of nitrogens with one attached hydrogen (secondary N) is 1. The van der Waals surface area contributed by atoms with Gasteiger partial charge in [0.2, 0.25) is 0 Å². The maximum Gasteiger partial charge on any atom is 0.00417 e. The lowest BCUT2D eigenvalue weighted by atomic mass is 10.0. The predicted octanol–water partition coefficient (Wildman–Crippen LogP) is 3.07. The molecule has 1 heterocycles. The maximum atomic E-state index is 3.75. The third-order valence-electron chi connectivity index (χ3n) is 2.90. The lowest BCUT2D eigenvalue weighted by Gasteiger charge is -2.23. The molecule has 0 aromatic carbocycles. The summed E-state index contributed by atoms with van der Waals surface area (Å²) in [5.74, 6) is 3.67. The van der Waals surface area contributed by atoms with Crippen LogP contribution in [0.3, 0.4) is 0 Å². The summed E-state index contributed by atoms with van der Waals surface area (Å²) in [6.07, 6.45) is 7.19. The van der Waals surface area contributed by atoms with Gasteiger partial charge in [-0.25, -0.2) is 0 Å². The summed E-state index contributed by atoms with van der Waals surface area (Å²) in [7, 11) is 0. The first kappa shape index (κ1) is 12.1. The van der Waals surface area contributed by atoms with E-state index in [4.69, 9.17) is 0 Å². The monoisotopic (exact) mass is 213 g/mol. The molecule has 0 radical (unpaired) electrons. The molecule has 1 unspecified atom stereocenters. The molecule has 0 bridgehead atoms. The molecule has 0 saturated carbocycles. The number of rotatable bonds is 6. The van der Waals surface area contributed by atoms with Gasteiger partial charge in [0, 0.05) is 6.04 Å². The van der Waals surface area contributed by atoms with E-state index in [9.17, 15) is 0 Å². The molecule has 1 saturated heterocycles. The van der Waals surface area contributed by atoms with Crippen LogP contribution in [0.2, 0.25) is 0 Å². The van der Waals surface area contributed by atoms with E-state index in [1.165, 1.54) is 37.3 Å². The topological polar surface area (TPSA) is 12.0 Å². The van der Waals surface area contributed by atoms with E-state index in [2.05, 4.69) is 30.6 Å². The summed E-state index contributed by atoms with van der Waals surface area (Å²) in [6, 6.07) is 0.655. The Bertz CT molecular complexity index is 152. The van der Waals surface area contributed by atoms with Gasteiger partial charge in [0.15, 0.2) is 0 Å². The van der Waals surface area contributed by atoms with Gasteiger partial charge in [-0.05, 0) is 56.6 Å². The Morgan fingerprint density at radius 2 is 2.21 bits per heavy atom. The van der Waals surface area contributed by atoms with E-state index < -0.39 is 0 Å². The van der Waals surface area contributed by atoms with Crippen molar-refractivity contribution >= 4 is 11.8 Å². The van der Waals surface area contributed by atoms with Crippen molar-refractivity contribution in [2.45, 2.75) is 38.6 Å². The summed E-state index contributed by atoms with van der Waals surface area (Å²) >= 11 is 2.11. The van der Waals surface area contributed by atoms with Gasteiger partial charge < -0.3 is 5.32 Å². The second-order valence-electron chi connectivity index (χ2n) is 4.23. The molecule has 0 amide bonds. The molecule has 0 aromatic rings. The van der Waals surface area contributed by atoms with Crippen LogP contribution in [-0.2, 0) is 0 Å². The first-order chi connectivity index (χ1) is 6.83. The number of hydrogen-bond acceptors (Lipinski definition) is 2. The van der Waals surface area contributed by atoms with Crippen LogP contribution in [0, 0.1) is 5.92 Å². The largest absolute Gasteiger partial charge is 0.314 e. The van der Waals surface area contributed by atoms with Gasteiger partial charge in [-0.3, -0.25) is 0 Å². The van der Waals surface area contributed by atoms with Crippen molar-refractivity contribution in [3.63, 3.8) is 0 Å². The van der Waals surface area contributed by atoms with Crippen molar-refractivity contribution in [1.82, 2.24) is 5.32 Å². The van der Waals surface area contributed by atoms with E-state index >= 15 is 0 Å². The van der Waals surface area contributed by atoms with Gasteiger partial charge in [-0.15, -0.1) is 6.58 Å². The molecular formula is C12H23NS. The third-order valence-corrected chi connectivity index (χ3v) is 3.95. The standard InChI is InChI=1S/C12H23NS/c1-3-4-5-11(2)13-10-12-6-8-14-9-7-12/h3,11-13H,1,4-10H2,2H3. The zero-order chi connectivity index (χ0) is 10.2. The minimum Gasteiger partial charge on any atom is -0.314 e. The van der Waals surface area contributed by atoms with E-state index in [1.807, 2.05) is 6.08 Å².